The first-order valence-electron chi connectivity index (χ1n) is 10.1. The van der Waals surface area contributed by atoms with Gasteiger partial charge in [0.25, 0.3) is 11.1 Å². The highest BCUT2D eigenvalue weighted by atomic mass is 79.9. The standard InChI is InChI=1S/C23H22BrCl2NO5S/c1-3-31-19-11-15(12-20-22(28)27(23(29)33-20)7-4-8-30-2)9-16(24)21(19)32-13-14-5-6-17(25)18(26)10-14/h5-6,9-12H,3-4,7-8,13H2,1-2H3/b20-12+. The molecule has 1 aliphatic rings. The SMILES string of the molecule is CCOc1cc(/C=C2/SC(=O)N(CCCOC)C2=O)cc(Br)c1OCc1ccc(Cl)c(Cl)c1. The van der Waals surface area contributed by atoms with Crippen LogP contribution in [0.1, 0.15) is 24.5 Å². The number of amides is 2. The van der Waals surface area contributed by atoms with Crippen molar-refractivity contribution in [3.8, 4) is 11.5 Å². The topological polar surface area (TPSA) is 65.1 Å². The number of ether oxygens (including phenoxy) is 3. The molecule has 1 aliphatic heterocycles. The average molecular weight is 575 g/mol. The fraction of sp³-hybridized carbons (Fsp3) is 0.304. The first kappa shape index (κ1) is 25.9. The summed E-state index contributed by atoms with van der Waals surface area (Å²) in [6.45, 7) is 3.36. The molecule has 0 radical (unpaired) electrons. The van der Waals surface area contributed by atoms with E-state index in [1.807, 2.05) is 19.1 Å². The molecule has 1 heterocycles. The van der Waals surface area contributed by atoms with E-state index in [-0.39, 0.29) is 17.8 Å². The van der Waals surface area contributed by atoms with E-state index in [2.05, 4.69) is 15.9 Å². The van der Waals surface area contributed by atoms with Crippen molar-refractivity contribution in [1.82, 2.24) is 4.90 Å². The Labute approximate surface area is 215 Å². The smallest absolute Gasteiger partial charge is 0.293 e. The van der Waals surface area contributed by atoms with Crippen LogP contribution in [0.4, 0.5) is 4.79 Å². The lowest BCUT2D eigenvalue weighted by Crippen LogP contribution is -2.29. The number of halogens is 3. The molecule has 0 atom stereocenters. The Morgan fingerprint density at radius 2 is 1.91 bits per heavy atom. The van der Waals surface area contributed by atoms with Crippen LogP contribution >= 0.6 is 50.9 Å². The molecule has 0 bridgehead atoms. The maximum Gasteiger partial charge on any atom is 0.293 e. The predicted octanol–water partition coefficient (Wildman–Crippen LogP) is 6.81. The molecule has 10 heteroatoms. The monoisotopic (exact) mass is 573 g/mol. The minimum atomic E-state index is -0.310. The van der Waals surface area contributed by atoms with Crippen molar-refractivity contribution in [1.29, 1.82) is 0 Å². The van der Waals surface area contributed by atoms with Gasteiger partial charge in [-0.2, -0.15) is 0 Å². The minimum Gasteiger partial charge on any atom is -0.490 e. The molecular formula is C23H22BrCl2NO5S. The van der Waals surface area contributed by atoms with E-state index < -0.39 is 0 Å². The van der Waals surface area contributed by atoms with E-state index in [4.69, 9.17) is 37.4 Å². The van der Waals surface area contributed by atoms with E-state index >= 15 is 0 Å². The summed E-state index contributed by atoms with van der Waals surface area (Å²) >= 11 is 16.5. The number of imide groups is 1. The van der Waals surface area contributed by atoms with E-state index in [0.29, 0.717) is 62.7 Å². The lowest BCUT2D eigenvalue weighted by atomic mass is 10.1. The van der Waals surface area contributed by atoms with Crippen LogP contribution in [0.25, 0.3) is 6.08 Å². The zero-order chi connectivity index (χ0) is 24.0. The normalized spacial score (nSPS) is 14.9. The molecule has 0 unspecified atom stereocenters. The quantitative estimate of drug-likeness (QED) is 0.229. The molecule has 1 saturated heterocycles. The maximum atomic E-state index is 12.7. The Morgan fingerprint density at radius 3 is 2.61 bits per heavy atom. The number of hydrogen-bond acceptors (Lipinski definition) is 6. The number of nitrogens with zero attached hydrogens (tertiary/aromatic N) is 1. The molecule has 0 spiro atoms. The zero-order valence-corrected chi connectivity index (χ0v) is 21.9. The van der Waals surface area contributed by atoms with Crippen molar-refractivity contribution in [3.05, 3.63) is 60.9 Å². The number of carbonyl (C=O) groups is 2. The molecule has 33 heavy (non-hydrogen) atoms. The molecule has 2 aromatic carbocycles. The summed E-state index contributed by atoms with van der Waals surface area (Å²) in [6, 6.07) is 8.88. The second-order valence-electron chi connectivity index (χ2n) is 6.98. The molecule has 6 nitrogen and oxygen atoms in total. The fourth-order valence-corrected chi connectivity index (χ4v) is 4.83. The molecule has 2 amide bonds. The Balaban J connectivity index is 1.81. The summed E-state index contributed by atoms with van der Waals surface area (Å²) in [6.07, 6.45) is 2.27. The summed E-state index contributed by atoms with van der Waals surface area (Å²) < 4.78 is 17.4. The first-order chi connectivity index (χ1) is 15.8. The lowest BCUT2D eigenvalue weighted by Gasteiger charge is -2.15. The molecule has 3 rings (SSSR count). The lowest BCUT2D eigenvalue weighted by molar-refractivity contribution is -0.122. The van der Waals surface area contributed by atoms with Gasteiger partial charge < -0.3 is 14.2 Å². The minimum absolute atomic E-state index is 0.259. The summed E-state index contributed by atoms with van der Waals surface area (Å²) in [5.74, 6) is 0.723. The van der Waals surface area contributed by atoms with Gasteiger partial charge in [0.1, 0.15) is 6.61 Å². The first-order valence-corrected chi connectivity index (χ1v) is 12.5. The van der Waals surface area contributed by atoms with Crippen molar-refractivity contribution in [2.24, 2.45) is 0 Å². The summed E-state index contributed by atoms with van der Waals surface area (Å²) in [5.41, 5.74) is 1.56. The van der Waals surface area contributed by atoms with Crippen LogP contribution in [-0.4, -0.2) is 42.9 Å². The second-order valence-corrected chi connectivity index (χ2v) is 9.64. The molecule has 2 aromatic rings. The highest BCUT2D eigenvalue weighted by Crippen LogP contribution is 2.40. The molecule has 0 N–H and O–H groups in total. The van der Waals surface area contributed by atoms with Gasteiger partial charge in [-0.05, 0) is 82.5 Å². The van der Waals surface area contributed by atoms with Crippen molar-refractivity contribution < 1.29 is 23.8 Å². The van der Waals surface area contributed by atoms with Crippen LogP contribution in [0.3, 0.4) is 0 Å². The van der Waals surface area contributed by atoms with Crippen LogP contribution in [-0.2, 0) is 16.1 Å². The maximum absolute atomic E-state index is 12.7. The van der Waals surface area contributed by atoms with E-state index in [1.165, 1.54) is 4.90 Å². The van der Waals surface area contributed by atoms with Crippen LogP contribution in [0.2, 0.25) is 10.0 Å². The van der Waals surface area contributed by atoms with E-state index in [1.54, 1.807) is 31.4 Å². The molecule has 1 fully saturated rings. The van der Waals surface area contributed by atoms with Gasteiger partial charge in [0.15, 0.2) is 11.5 Å². The number of benzene rings is 2. The molecule has 176 valence electrons. The van der Waals surface area contributed by atoms with Gasteiger partial charge >= 0.3 is 0 Å². The predicted molar refractivity (Wildman–Crippen MR) is 135 cm³/mol. The van der Waals surface area contributed by atoms with Gasteiger partial charge in [-0.25, -0.2) is 0 Å². The number of carbonyl (C=O) groups excluding carboxylic acids is 2. The number of hydrogen-bond donors (Lipinski definition) is 0. The van der Waals surface area contributed by atoms with E-state index in [9.17, 15) is 9.59 Å². The third kappa shape index (κ3) is 6.67. The van der Waals surface area contributed by atoms with Gasteiger partial charge in [0, 0.05) is 20.3 Å². The summed E-state index contributed by atoms with van der Waals surface area (Å²) in [4.78, 5) is 26.5. The largest absolute Gasteiger partial charge is 0.490 e. The Kier molecular flexibility index (Phi) is 9.52. The van der Waals surface area contributed by atoms with Crippen molar-refractivity contribution in [3.63, 3.8) is 0 Å². The molecular weight excluding hydrogens is 553 g/mol. The van der Waals surface area contributed by atoms with Gasteiger partial charge in [-0.1, -0.05) is 29.3 Å². The summed E-state index contributed by atoms with van der Waals surface area (Å²) in [7, 11) is 1.58. The Morgan fingerprint density at radius 1 is 1.12 bits per heavy atom. The van der Waals surface area contributed by atoms with Crippen molar-refractivity contribution in [2.45, 2.75) is 20.0 Å². The Hall–Kier alpha value is -1.71. The van der Waals surface area contributed by atoms with Crippen LogP contribution in [0, 0.1) is 0 Å². The molecule has 0 saturated carbocycles. The number of rotatable bonds is 10. The third-order valence-corrected chi connectivity index (χ3v) is 6.84. The highest BCUT2D eigenvalue weighted by Gasteiger charge is 2.34. The zero-order valence-electron chi connectivity index (χ0n) is 18.0. The Bertz CT molecular complexity index is 1080. The second kappa shape index (κ2) is 12.1. The van der Waals surface area contributed by atoms with Crippen molar-refractivity contribution >= 4 is 68.1 Å². The third-order valence-electron chi connectivity index (χ3n) is 4.60. The van der Waals surface area contributed by atoms with Crippen LogP contribution in [0.5, 0.6) is 11.5 Å². The molecule has 0 aliphatic carbocycles. The van der Waals surface area contributed by atoms with Gasteiger partial charge in [0.2, 0.25) is 0 Å². The highest BCUT2D eigenvalue weighted by molar-refractivity contribution is 9.10. The van der Waals surface area contributed by atoms with Gasteiger partial charge in [-0.15, -0.1) is 0 Å². The average Bonchev–Trinajstić information content (AvgIpc) is 3.03. The van der Waals surface area contributed by atoms with Gasteiger partial charge in [0.05, 0.1) is 26.0 Å². The fourth-order valence-electron chi connectivity index (χ4n) is 3.07. The number of methoxy groups -OCH3 is 1. The summed E-state index contributed by atoms with van der Waals surface area (Å²) in [5, 5.41) is 0.644. The van der Waals surface area contributed by atoms with Crippen LogP contribution in [0.15, 0.2) is 39.7 Å². The van der Waals surface area contributed by atoms with Crippen LogP contribution < -0.4 is 9.47 Å². The van der Waals surface area contributed by atoms with Gasteiger partial charge in [-0.3, -0.25) is 14.5 Å². The van der Waals surface area contributed by atoms with E-state index in [0.717, 1.165) is 17.3 Å². The number of thioether (sulfide) groups is 1. The molecule has 0 aromatic heterocycles. The van der Waals surface area contributed by atoms with Crippen molar-refractivity contribution in [2.75, 3.05) is 26.9 Å².